The Hall–Kier alpha value is -0.450. The molecule has 1 heterocycles. The number of rotatable bonds is 7. The van der Waals surface area contributed by atoms with Gasteiger partial charge >= 0.3 is 0 Å². The largest absolute Gasteiger partial charge is 0.384 e. The zero-order chi connectivity index (χ0) is 12.8. The minimum absolute atomic E-state index is 0.312. The molecule has 98 valence electrons. The van der Waals surface area contributed by atoms with E-state index in [4.69, 9.17) is 4.74 Å². The molecule has 0 saturated carbocycles. The summed E-state index contributed by atoms with van der Waals surface area (Å²) in [7, 11) is 1.76. The van der Waals surface area contributed by atoms with Crippen LogP contribution in [0.25, 0.3) is 0 Å². The van der Waals surface area contributed by atoms with Gasteiger partial charge in [0.2, 0.25) is 0 Å². The van der Waals surface area contributed by atoms with Crippen molar-refractivity contribution >= 4 is 11.3 Å². The highest BCUT2D eigenvalue weighted by Crippen LogP contribution is 2.28. The molecule has 17 heavy (non-hydrogen) atoms. The molecule has 1 aromatic rings. The van der Waals surface area contributed by atoms with Crippen molar-refractivity contribution in [3.8, 4) is 0 Å². The molecule has 0 saturated heterocycles. The van der Waals surface area contributed by atoms with Crippen LogP contribution < -0.4 is 5.32 Å². The number of hydrogen-bond acceptors (Lipinski definition) is 4. The molecule has 2 unspecified atom stereocenters. The van der Waals surface area contributed by atoms with Crippen LogP contribution in [-0.2, 0) is 4.74 Å². The summed E-state index contributed by atoms with van der Waals surface area (Å²) < 4.78 is 5.26. The maximum Gasteiger partial charge on any atom is 0.110 e. The molecule has 2 atom stereocenters. The Kier molecular flexibility index (Phi) is 6.09. The van der Waals surface area contributed by atoms with Gasteiger partial charge in [0.25, 0.3) is 0 Å². The highest BCUT2D eigenvalue weighted by atomic mass is 32.1. The highest BCUT2D eigenvalue weighted by molar-refractivity contribution is 7.11. The lowest BCUT2D eigenvalue weighted by atomic mass is 10.0. The first-order valence-corrected chi connectivity index (χ1v) is 7.08. The molecule has 1 N–H and O–H groups in total. The van der Waals surface area contributed by atoms with Gasteiger partial charge in [0.05, 0.1) is 18.3 Å². The number of thiazole rings is 1. The number of nitrogens with zero attached hydrogens (tertiary/aromatic N) is 1. The summed E-state index contributed by atoms with van der Waals surface area (Å²) in [5.74, 6) is 0.441. The number of methoxy groups -OCH3 is 1. The summed E-state index contributed by atoms with van der Waals surface area (Å²) in [5.41, 5.74) is 1.15. The van der Waals surface area contributed by atoms with Gasteiger partial charge in [-0.05, 0) is 26.8 Å². The molecule has 0 radical (unpaired) electrons. The van der Waals surface area contributed by atoms with E-state index in [-0.39, 0.29) is 0 Å². The second-order valence-electron chi connectivity index (χ2n) is 4.56. The fourth-order valence-corrected chi connectivity index (χ4v) is 2.95. The number of aryl methyl sites for hydroxylation is 2. The molecule has 0 bridgehead atoms. The third kappa shape index (κ3) is 4.05. The normalized spacial score (nSPS) is 14.9. The average Bonchev–Trinajstić information content (AvgIpc) is 2.60. The molecule has 0 aromatic carbocycles. The average molecular weight is 256 g/mol. The maximum absolute atomic E-state index is 5.26. The Bertz CT molecular complexity index is 319. The molecular weight excluding hydrogens is 232 g/mol. The van der Waals surface area contributed by atoms with Crippen LogP contribution >= 0.6 is 11.3 Å². The quantitative estimate of drug-likeness (QED) is 0.814. The van der Waals surface area contributed by atoms with Crippen LogP contribution in [0.3, 0.4) is 0 Å². The Labute approximate surface area is 109 Å². The molecule has 1 rings (SSSR count). The SMILES string of the molecule is CCCNC(c1nc(C)c(C)s1)C(C)COC. The summed E-state index contributed by atoms with van der Waals surface area (Å²) in [6, 6.07) is 0.312. The summed E-state index contributed by atoms with van der Waals surface area (Å²) in [6.45, 7) is 10.4. The van der Waals surface area contributed by atoms with Crippen LogP contribution in [0.5, 0.6) is 0 Å². The second kappa shape index (κ2) is 7.09. The first kappa shape index (κ1) is 14.6. The van der Waals surface area contributed by atoms with Crippen LogP contribution in [0.4, 0.5) is 0 Å². The Balaban J connectivity index is 2.80. The van der Waals surface area contributed by atoms with E-state index in [1.54, 1.807) is 18.4 Å². The van der Waals surface area contributed by atoms with Gasteiger partial charge < -0.3 is 10.1 Å². The number of nitrogens with one attached hydrogen (secondary N) is 1. The van der Waals surface area contributed by atoms with Gasteiger partial charge in [-0.2, -0.15) is 0 Å². The van der Waals surface area contributed by atoms with Crippen molar-refractivity contribution in [3.63, 3.8) is 0 Å². The monoisotopic (exact) mass is 256 g/mol. The molecule has 0 amide bonds. The van der Waals surface area contributed by atoms with Crippen molar-refractivity contribution in [3.05, 3.63) is 15.6 Å². The first-order valence-electron chi connectivity index (χ1n) is 6.26. The lowest BCUT2D eigenvalue weighted by Crippen LogP contribution is -2.29. The standard InChI is InChI=1S/C13H24N2OS/c1-6-7-14-12(9(2)8-16-5)13-15-10(3)11(4)17-13/h9,12,14H,6-8H2,1-5H3. The van der Waals surface area contributed by atoms with Gasteiger partial charge in [0.1, 0.15) is 5.01 Å². The van der Waals surface area contributed by atoms with E-state index in [0.29, 0.717) is 12.0 Å². The minimum atomic E-state index is 0.312. The number of aromatic nitrogens is 1. The molecule has 4 heteroatoms. The Morgan fingerprint density at radius 2 is 2.12 bits per heavy atom. The smallest absolute Gasteiger partial charge is 0.110 e. The fraction of sp³-hybridized carbons (Fsp3) is 0.769. The van der Waals surface area contributed by atoms with Crippen LogP contribution in [0.2, 0.25) is 0 Å². The van der Waals surface area contributed by atoms with Gasteiger partial charge in [0, 0.05) is 17.9 Å². The van der Waals surface area contributed by atoms with Gasteiger partial charge in [-0.1, -0.05) is 13.8 Å². The molecule has 0 aliphatic rings. The van der Waals surface area contributed by atoms with Gasteiger partial charge in [-0.25, -0.2) is 4.98 Å². The Morgan fingerprint density at radius 1 is 1.41 bits per heavy atom. The second-order valence-corrected chi connectivity index (χ2v) is 5.79. The van der Waals surface area contributed by atoms with Crippen molar-refractivity contribution in [2.24, 2.45) is 5.92 Å². The van der Waals surface area contributed by atoms with E-state index in [0.717, 1.165) is 25.3 Å². The molecule has 1 aromatic heterocycles. The van der Waals surface area contributed by atoms with Crippen LogP contribution in [0.15, 0.2) is 0 Å². The van der Waals surface area contributed by atoms with E-state index in [2.05, 4.69) is 38.0 Å². The van der Waals surface area contributed by atoms with Crippen molar-refractivity contribution in [2.45, 2.75) is 40.2 Å². The third-order valence-electron chi connectivity index (χ3n) is 2.92. The van der Waals surface area contributed by atoms with Crippen molar-refractivity contribution in [1.29, 1.82) is 0 Å². The highest BCUT2D eigenvalue weighted by Gasteiger charge is 2.22. The van der Waals surface area contributed by atoms with E-state index in [1.165, 1.54) is 9.88 Å². The minimum Gasteiger partial charge on any atom is -0.384 e. The van der Waals surface area contributed by atoms with E-state index < -0.39 is 0 Å². The summed E-state index contributed by atoms with van der Waals surface area (Å²) in [6.07, 6.45) is 1.14. The number of ether oxygens (including phenoxy) is 1. The maximum atomic E-state index is 5.26. The first-order chi connectivity index (χ1) is 8.10. The Morgan fingerprint density at radius 3 is 2.59 bits per heavy atom. The topological polar surface area (TPSA) is 34.2 Å². The molecule has 0 aliphatic heterocycles. The third-order valence-corrected chi connectivity index (χ3v) is 4.08. The zero-order valence-electron chi connectivity index (χ0n) is 11.5. The lowest BCUT2D eigenvalue weighted by Gasteiger charge is -2.22. The van der Waals surface area contributed by atoms with Crippen LogP contribution in [0, 0.1) is 19.8 Å². The van der Waals surface area contributed by atoms with Crippen LogP contribution in [-0.4, -0.2) is 25.2 Å². The fourth-order valence-electron chi connectivity index (χ4n) is 1.82. The van der Waals surface area contributed by atoms with E-state index in [9.17, 15) is 0 Å². The van der Waals surface area contributed by atoms with E-state index in [1.807, 2.05) is 0 Å². The van der Waals surface area contributed by atoms with Gasteiger partial charge in [0.15, 0.2) is 0 Å². The molecule has 0 aliphatic carbocycles. The van der Waals surface area contributed by atoms with Gasteiger partial charge in [-0.3, -0.25) is 0 Å². The predicted molar refractivity (Wildman–Crippen MR) is 73.7 cm³/mol. The summed E-state index contributed by atoms with van der Waals surface area (Å²) in [5, 5.41) is 4.77. The van der Waals surface area contributed by atoms with Crippen molar-refractivity contribution < 1.29 is 4.74 Å². The van der Waals surface area contributed by atoms with Gasteiger partial charge in [-0.15, -0.1) is 11.3 Å². The lowest BCUT2D eigenvalue weighted by molar-refractivity contribution is 0.139. The van der Waals surface area contributed by atoms with Crippen molar-refractivity contribution in [1.82, 2.24) is 10.3 Å². The molecule has 3 nitrogen and oxygen atoms in total. The zero-order valence-corrected chi connectivity index (χ0v) is 12.4. The molecular formula is C13H24N2OS. The van der Waals surface area contributed by atoms with Crippen LogP contribution in [0.1, 0.15) is 41.9 Å². The summed E-state index contributed by atoms with van der Waals surface area (Å²) in [4.78, 5) is 5.98. The summed E-state index contributed by atoms with van der Waals surface area (Å²) >= 11 is 1.80. The van der Waals surface area contributed by atoms with Crippen molar-refractivity contribution in [2.75, 3.05) is 20.3 Å². The van der Waals surface area contributed by atoms with E-state index >= 15 is 0 Å². The predicted octanol–water partition coefficient (Wildman–Crippen LogP) is 3.08. The molecule has 0 spiro atoms. The molecule has 0 fully saturated rings. The number of hydrogen-bond donors (Lipinski definition) is 1.